The fraction of sp³-hybridized carbons (Fsp3) is 0.500. The van der Waals surface area contributed by atoms with Crippen molar-refractivity contribution in [2.45, 2.75) is 19.4 Å². The largest absolute Gasteiger partial charge is 0.486 e. The molecule has 0 aliphatic carbocycles. The van der Waals surface area contributed by atoms with Gasteiger partial charge < -0.3 is 19.7 Å². The van der Waals surface area contributed by atoms with Crippen LogP contribution >= 0.6 is 0 Å². The number of hydrogen-bond donors (Lipinski definition) is 1. The minimum atomic E-state index is -0.113. The van der Waals surface area contributed by atoms with E-state index in [0.29, 0.717) is 26.3 Å². The minimum absolute atomic E-state index is 0.0502. The number of hydrogen-bond acceptors (Lipinski definition) is 4. The summed E-state index contributed by atoms with van der Waals surface area (Å²) in [7, 11) is 0. The number of nitrogens with one attached hydrogen (secondary N) is 1. The molecule has 2 heterocycles. The van der Waals surface area contributed by atoms with Gasteiger partial charge in [-0.3, -0.25) is 4.79 Å². The molecule has 0 radical (unpaired) electrons. The third kappa shape index (κ3) is 2.20. The van der Waals surface area contributed by atoms with E-state index in [1.807, 2.05) is 18.2 Å². The first-order valence-corrected chi connectivity index (χ1v) is 6.50. The van der Waals surface area contributed by atoms with Crippen molar-refractivity contribution in [2.75, 3.05) is 31.2 Å². The number of piperazine rings is 1. The lowest BCUT2D eigenvalue weighted by atomic mass is 9.99. The Bertz CT molecular complexity index is 513. The van der Waals surface area contributed by atoms with Gasteiger partial charge in [0.1, 0.15) is 13.2 Å². The number of carbonyl (C=O) groups is 1. The van der Waals surface area contributed by atoms with Crippen molar-refractivity contribution in [2.24, 2.45) is 0 Å². The molecule has 3 rings (SSSR count). The molecule has 1 aromatic rings. The molecule has 1 aromatic carbocycles. The number of nitrogens with zero attached hydrogens (tertiary/aromatic N) is 1. The smallest absolute Gasteiger partial charge is 0.239 e. The first-order valence-electron chi connectivity index (χ1n) is 6.50. The van der Waals surface area contributed by atoms with E-state index in [-0.39, 0.29) is 11.4 Å². The molecule has 1 amide bonds. The number of ether oxygens (including phenoxy) is 2. The second-order valence-corrected chi connectivity index (χ2v) is 5.50. The Morgan fingerprint density at radius 2 is 1.95 bits per heavy atom. The van der Waals surface area contributed by atoms with E-state index in [0.717, 1.165) is 17.2 Å². The summed E-state index contributed by atoms with van der Waals surface area (Å²) in [6.07, 6.45) is 0. The Kier molecular flexibility index (Phi) is 2.77. The monoisotopic (exact) mass is 262 g/mol. The van der Waals surface area contributed by atoms with E-state index >= 15 is 0 Å². The summed E-state index contributed by atoms with van der Waals surface area (Å²) in [6, 6.07) is 5.84. The average Bonchev–Trinajstić information content (AvgIpc) is 2.41. The summed E-state index contributed by atoms with van der Waals surface area (Å²) < 4.78 is 11.1. The standard InChI is InChI=1S/C14H18N2O3/c1-14(2)9-15-13(17)8-16(14)10-3-4-11-12(7-10)19-6-5-18-11/h3-4,7H,5-6,8-9H2,1-2H3,(H,15,17). The molecule has 0 aromatic heterocycles. The molecular formula is C14H18N2O3. The Morgan fingerprint density at radius 3 is 2.74 bits per heavy atom. The van der Waals surface area contributed by atoms with Crippen molar-refractivity contribution >= 4 is 11.6 Å². The van der Waals surface area contributed by atoms with Crippen LogP contribution in [0.3, 0.4) is 0 Å². The van der Waals surface area contributed by atoms with Crippen molar-refractivity contribution in [1.82, 2.24) is 5.32 Å². The molecule has 2 aliphatic rings. The van der Waals surface area contributed by atoms with Crippen molar-refractivity contribution < 1.29 is 14.3 Å². The van der Waals surface area contributed by atoms with E-state index in [1.54, 1.807) is 0 Å². The van der Waals surface area contributed by atoms with Crippen LogP contribution in [-0.2, 0) is 4.79 Å². The van der Waals surface area contributed by atoms with Crippen LogP contribution < -0.4 is 19.7 Å². The number of carbonyl (C=O) groups excluding carboxylic acids is 1. The molecule has 0 saturated carbocycles. The van der Waals surface area contributed by atoms with Crippen LogP contribution in [0.15, 0.2) is 18.2 Å². The van der Waals surface area contributed by atoms with Gasteiger partial charge in [0.2, 0.25) is 5.91 Å². The van der Waals surface area contributed by atoms with Gasteiger partial charge in [-0.2, -0.15) is 0 Å². The number of amides is 1. The third-order valence-corrected chi connectivity index (χ3v) is 3.59. The van der Waals surface area contributed by atoms with Crippen LogP contribution in [0.2, 0.25) is 0 Å². The molecule has 0 spiro atoms. The van der Waals surface area contributed by atoms with Crippen molar-refractivity contribution in [3.8, 4) is 11.5 Å². The quantitative estimate of drug-likeness (QED) is 0.825. The fourth-order valence-corrected chi connectivity index (χ4v) is 2.46. The van der Waals surface area contributed by atoms with E-state index < -0.39 is 0 Å². The Labute approximate surface area is 112 Å². The molecule has 1 saturated heterocycles. The van der Waals surface area contributed by atoms with E-state index in [9.17, 15) is 4.79 Å². The van der Waals surface area contributed by atoms with Gasteiger partial charge in [-0.25, -0.2) is 0 Å². The van der Waals surface area contributed by atoms with Gasteiger partial charge >= 0.3 is 0 Å². The third-order valence-electron chi connectivity index (χ3n) is 3.59. The molecule has 19 heavy (non-hydrogen) atoms. The summed E-state index contributed by atoms with van der Waals surface area (Å²) in [4.78, 5) is 13.7. The maximum Gasteiger partial charge on any atom is 0.239 e. The molecule has 0 atom stereocenters. The van der Waals surface area contributed by atoms with Gasteiger partial charge in [0.05, 0.1) is 12.1 Å². The predicted molar refractivity (Wildman–Crippen MR) is 71.9 cm³/mol. The Hall–Kier alpha value is -1.91. The van der Waals surface area contributed by atoms with Gasteiger partial charge in [0, 0.05) is 18.3 Å². The summed E-state index contributed by atoms with van der Waals surface area (Å²) in [5.74, 6) is 1.58. The second kappa shape index (κ2) is 4.33. The number of fused-ring (bicyclic) bond motifs is 1. The van der Waals surface area contributed by atoms with Crippen LogP contribution in [0.1, 0.15) is 13.8 Å². The van der Waals surface area contributed by atoms with Crippen molar-refractivity contribution in [3.05, 3.63) is 18.2 Å². The topological polar surface area (TPSA) is 50.8 Å². The zero-order valence-corrected chi connectivity index (χ0v) is 11.2. The number of benzene rings is 1. The van der Waals surface area contributed by atoms with Crippen LogP contribution in [0.5, 0.6) is 11.5 Å². The molecule has 0 unspecified atom stereocenters. The van der Waals surface area contributed by atoms with Crippen molar-refractivity contribution in [3.63, 3.8) is 0 Å². The summed E-state index contributed by atoms with van der Waals surface area (Å²) in [5, 5.41) is 2.90. The second-order valence-electron chi connectivity index (χ2n) is 5.50. The van der Waals surface area contributed by atoms with Crippen LogP contribution in [0.4, 0.5) is 5.69 Å². The Morgan fingerprint density at radius 1 is 1.21 bits per heavy atom. The maximum atomic E-state index is 11.6. The fourth-order valence-electron chi connectivity index (χ4n) is 2.46. The number of rotatable bonds is 1. The lowest BCUT2D eigenvalue weighted by molar-refractivity contribution is -0.121. The average molecular weight is 262 g/mol. The summed E-state index contributed by atoms with van der Waals surface area (Å²) in [5.41, 5.74) is 0.876. The van der Waals surface area contributed by atoms with Gasteiger partial charge in [0.15, 0.2) is 11.5 Å². The molecular weight excluding hydrogens is 244 g/mol. The highest BCUT2D eigenvalue weighted by Gasteiger charge is 2.33. The molecule has 1 N–H and O–H groups in total. The highest BCUT2D eigenvalue weighted by molar-refractivity contribution is 5.83. The first-order chi connectivity index (χ1) is 9.06. The maximum absolute atomic E-state index is 11.6. The molecule has 102 valence electrons. The molecule has 1 fully saturated rings. The van der Waals surface area contributed by atoms with E-state index in [4.69, 9.17) is 9.47 Å². The normalized spacial score (nSPS) is 20.9. The summed E-state index contributed by atoms with van der Waals surface area (Å²) in [6.45, 7) is 6.39. The van der Waals surface area contributed by atoms with Crippen LogP contribution in [0, 0.1) is 0 Å². The lowest BCUT2D eigenvalue weighted by Crippen LogP contribution is -2.60. The SMILES string of the molecule is CC1(C)CNC(=O)CN1c1ccc2c(c1)OCCO2. The van der Waals surface area contributed by atoms with Gasteiger partial charge in [-0.15, -0.1) is 0 Å². The zero-order chi connectivity index (χ0) is 13.5. The lowest BCUT2D eigenvalue weighted by Gasteiger charge is -2.43. The molecule has 2 aliphatic heterocycles. The summed E-state index contributed by atoms with van der Waals surface area (Å²) >= 11 is 0. The first kappa shape index (κ1) is 12.1. The van der Waals surface area contributed by atoms with Gasteiger partial charge in [-0.1, -0.05) is 0 Å². The van der Waals surface area contributed by atoms with Crippen LogP contribution in [0.25, 0.3) is 0 Å². The van der Waals surface area contributed by atoms with Gasteiger partial charge in [-0.05, 0) is 26.0 Å². The molecule has 0 bridgehead atoms. The van der Waals surface area contributed by atoms with Gasteiger partial charge in [0.25, 0.3) is 0 Å². The highest BCUT2D eigenvalue weighted by atomic mass is 16.6. The molecule has 5 heteroatoms. The predicted octanol–water partition coefficient (Wildman–Crippen LogP) is 1.17. The number of anilines is 1. The minimum Gasteiger partial charge on any atom is -0.486 e. The van der Waals surface area contributed by atoms with Crippen LogP contribution in [-0.4, -0.2) is 37.7 Å². The highest BCUT2D eigenvalue weighted by Crippen LogP contribution is 2.36. The molecule has 5 nitrogen and oxygen atoms in total. The van der Waals surface area contributed by atoms with E-state index in [1.165, 1.54) is 0 Å². The van der Waals surface area contributed by atoms with Crippen molar-refractivity contribution in [1.29, 1.82) is 0 Å². The Balaban J connectivity index is 1.94. The van der Waals surface area contributed by atoms with E-state index in [2.05, 4.69) is 24.1 Å². The zero-order valence-electron chi connectivity index (χ0n) is 11.2.